The quantitative estimate of drug-likeness (QED) is 0.541. The van der Waals surface area contributed by atoms with Crippen LogP contribution in [0.25, 0.3) is 0 Å². The topological polar surface area (TPSA) is 107 Å². The normalized spacial score (nSPS) is 27.1. The van der Waals surface area contributed by atoms with Gasteiger partial charge in [0.15, 0.2) is 0 Å². The van der Waals surface area contributed by atoms with E-state index in [-0.39, 0.29) is 5.92 Å². The van der Waals surface area contributed by atoms with Gasteiger partial charge in [-0.15, -0.1) is 0 Å². The number of aliphatic carboxylic acids is 1. The van der Waals surface area contributed by atoms with Crippen LogP contribution in [0.2, 0.25) is 0 Å². The highest BCUT2D eigenvalue weighted by Crippen LogP contribution is 2.36. The minimum atomic E-state index is -4.08. The molecule has 92 valence electrons. The average Bonchev–Trinajstić information content (AvgIpc) is 2.16. The summed E-state index contributed by atoms with van der Waals surface area (Å²) in [5.41, 5.74) is 0. The number of piperidine rings is 1. The molecule has 0 unspecified atom stereocenters. The molecule has 0 aromatic heterocycles. The first kappa shape index (κ1) is 13.4. The van der Waals surface area contributed by atoms with Crippen LogP contribution in [0.15, 0.2) is 11.9 Å². The Morgan fingerprint density at radius 1 is 1.50 bits per heavy atom. The van der Waals surface area contributed by atoms with Crippen LogP contribution in [0.1, 0.15) is 19.3 Å². The predicted molar refractivity (Wildman–Crippen MR) is 58.0 cm³/mol. The van der Waals surface area contributed by atoms with E-state index in [0.717, 1.165) is 12.2 Å². The van der Waals surface area contributed by atoms with Crippen LogP contribution in [0.3, 0.4) is 0 Å². The predicted octanol–water partition coefficient (Wildman–Crippen LogP) is 0.521. The Labute approximate surface area is 93.5 Å². The second kappa shape index (κ2) is 5.59. The highest BCUT2D eigenvalue weighted by Gasteiger charge is 2.25. The first-order valence-corrected chi connectivity index (χ1v) is 6.76. The van der Waals surface area contributed by atoms with Gasteiger partial charge in [0.25, 0.3) is 0 Å². The number of rotatable bonds is 4. The maximum atomic E-state index is 10.7. The van der Waals surface area contributed by atoms with Crippen molar-refractivity contribution < 1.29 is 24.3 Å². The van der Waals surface area contributed by atoms with Crippen LogP contribution < -0.4 is 5.32 Å². The number of carboxylic acid groups (broad SMARTS) is 1. The molecule has 0 aromatic rings. The lowest BCUT2D eigenvalue weighted by atomic mass is 9.90. The molecule has 1 aliphatic rings. The average molecular weight is 249 g/mol. The summed E-state index contributed by atoms with van der Waals surface area (Å²) in [6.45, 7) is 0.630. The van der Waals surface area contributed by atoms with Crippen LogP contribution in [-0.2, 0) is 9.36 Å². The Kier molecular flexibility index (Phi) is 4.68. The van der Waals surface area contributed by atoms with Gasteiger partial charge in [-0.05, 0) is 31.7 Å². The second-order valence-corrected chi connectivity index (χ2v) is 5.42. The smallest absolute Gasteiger partial charge is 0.348 e. The summed E-state index contributed by atoms with van der Waals surface area (Å²) in [7, 11) is -4.08. The summed E-state index contributed by atoms with van der Waals surface area (Å²) >= 11 is 0. The van der Waals surface area contributed by atoms with Crippen molar-refractivity contribution in [2.75, 3.05) is 6.54 Å². The second-order valence-electron chi connectivity index (χ2n) is 3.94. The van der Waals surface area contributed by atoms with Gasteiger partial charge in [-0.3, -0.25) is 9.36 Å². The lowest BCUT2D eigenvalue weighted by Gasteiger charge is -2.26. The van der Waals surface area contributed by atoms with Gasteiger partial charge in [0.05, 0.1) is 0 Å². The number of carbonyl (C=O) groups is 1. The number of nitrogens with one attached hydrogen (secondary N) is 1. The van der Waals surface area contributed by atoms with Crippen molar-refractivity contribution in [2.24, 2.45) is 5.92 Å². The van der Waals surface area contributed by atoms with E-state index in [0.29, 0.717) is 19.4 Å². The molecule has 2 atom stereocenters. The first-order valence-electron chi connectivity index (χ1n) is 5.07. The molecule has 16 heavy (non-hydrogen) atoms. The lowest BCUT2D eigenvalue weighted by Crippen LogP contribution is -2.43. The molecule has 1 heterocycles. The SMILES string of the molecule is O=C(O)[C@H]1C[C@H](C/C=C/P(=O)(O)O)CCN1. The van der Waals surface area contributed by atoms with Gasteiger partial charge in [0.2, 0.25) is 0 Å². The molecule has 1 saturated heterocycles. The van der Waals surface area contributed by atoms with E-state index in [9.17, 15) is 9.36 Å². The highest BCUT2D eigenvalue weighted by atomic mass is 31.2. The van der Waals surface area contributed by atoms with Crippen LogP contribution >= 0.6 is 7.60 Å². The van der Waals surface area contributed by atoms with Gasteiger partial charge in [-0.25, -0.2) is 0 Å². The third kappa shape index (κ3) is 4.90. The summed E-state index contributed by atoms with van der Waals surface area (Å²) in [5, 5.41) is 11.7. The minimum Gasteiger partial charge on any atom is -0.480 e. The Morgan fingerprint density at radius 2 is 2.19 bits per heavy atom. The molecule has 0 aliphatic carbocycles. The van der Waals surface area contributed by atoms with Gasteiger partial charge in [-0.1, -0.05) is 6.08 Å². The summed E-state index contributed by atoms with van der Waals surface area (Å²) in [6.07, 6.45) is 3.28. The summed E-state index contributed by atoms with van der Waals surface area (Å²) in [5.74, 6) is 0.180. The van der Waals surface area contributed by atoms with Crippen LogP contribution in [0.4, 0.5) is 0 Å². The standard InChI is InChI=1S/C9H16NO5P/c11-9(12)8-6-7(3-4-10-8)2-1-5-16(13,14)15/h1,5,7-8,10H,2-4,6H2,(H,11,12)(H2,13,14,15)/b5-1+/t7-,8-/m1/s1. The van der Waals surface area contributed by atoms with Crippen molar-refractivity contribution in [3.8, 4) is 0 Å². The number of carboxylic acids is 1. The molecule has 4 N–H and O–H groups in total. The first-order chi connectivity index (χ1) is 7.38. The molecule has 0 radical (unpaired) electrons. The number of allylic oxidation sites excluding steroid dienone is 1. The van der Waals surface area contributed by atoms with Crippen molar-refractivity contribution in [1.29, 1.82) is 0 Å². The van der Waals surface area contributed by atoms with E-state index >= 15 is 0 Å². The zero-order chi connectivity index (χ0) is 12.2. The molecule has 0 spiro atoms. The van der Waals surface area contributed by atoms with Gasteiger partial charge in [0, 0.05) is 5.82 Å². The van der Waals surface area contributed by atoms with Gasteiger partial charge >= 0.3 is 13.6 Å². The fourth-order valence-electron chi connectivity index (χ4n) is 1.79. The molecule has 0 saturated carbocycles. The van der Waals surface area contributed by atoms with E-state index < -0.39 is 19.6 Å². The fraction of sp³-hybridized carbons (Fsp3) is 0.667. The Hall–Kier alpha value is -0.680. The molecule has 0 amide bonds. The fourth-order valence-corrected chi connectivity index (χ4v) is 2.19. The van der Waals surface area contributed by atoms with Crippen molar-refractivity contribution in [1.82, 2.24) is 5.32 Å². The van der Waals surface area contributed by atoms with Gasteiger partial charge in [0.1, 0.15) is 6.04 Å². The summed E-state index contributed by atoms with van der Waals surface area (Å²) in [4.78, 5) is 27.9. The number of hydrogen-bond acceptors (Lipinski definition) is 3. The monoisotopic (exact) mass is 249 g/mol. The minimum absolute atomic E-state index is 0.171. The summed E-state index contributed by atoms with van der Waals surface area (Å²) in [6, 6.07) is -0.540. The Balaban J connectivity index is 2.41. The molecule has 1 rings (SSSR count). The third-order valence-electron chi connectivity index (χ3n) is 2.58. The van der Waals surface area contributed by atoms with E-state index in [2.05, 4.69) is 5.32 Å². The molecule has 0 bridgehead atoms. The van der Waals surface area contributed by atoms with E-state index in [1.807, 2.05) is 0 Å². The lowest BCUT2D eigenvalue weighted by molar-refractivity contribution is -0.140. The zero-order valence-electron chi connectivity index (χ0n) is 8.74. The maximum Gasteiger partial charge on any atom is 0.348 e. The van der Waals surface area contributed by atoms with Gasteiger partial charge < -0.3 is 20.2 Å². The molecular weight excluding hydrogens is 233 g/mol. The van der Waals surface area contributed by atoms with Crippen LogP contribution in [0, 0.1) is 5.92 Å². The highest BCUT2D eigenvalue weighted by molar-refractivity contribution is 7.55. The van der Waals surface area contributed by atoms with E-state index in [4.69, 9.17) is 14.9 Å². The maximum absolute atomic E-state index is 10.7. The number of hydrogen-bond donors (Lipinski definition) is 4. The molecule has 7 heteroatoms. The Morgan fingerprint density at radius 3 is 2.75 bits per heavy atom. The molecular formula is C9H16NO5P. The Bertz CT molecular complexity index is 324. The van der Waals surface area contributed by atoms with E-state index in [1.165, 1.54) is 6.08 Å². The third-order valence-corrected chi connectivity index (χ3v) is 3.18. The largest absolute Gasteiger partial charge is 0.480 e. The van der Waals surface area contributed by atoms with Crippen molar-refractivity contribution in [3.05, 3.63) is 11.9 Å². The summed E-state index contributed by atoms with van der Waals surface area (Å²) < 4.78 is 10.5. The van der Waals surface area contributed by atoms with Crippen molar-refractivity contribution in [3.63, 3.8) is 0 Å². The molecule has 1 aliphatic heterocycles. The molecule has 1 fully saturated rings. The molecule has 0 aromatic carbocycles. The van der Waals surface area contributed by atoms with Gasteiger partial charge in [-0.2, -0.15) is 0 Å². The van der Waals surface area contributed by atoms with Crippen LogP contribution in [-0.4, -0.2) is 33.4 Å². The zero-order valence-corrected chi connectivity index (χ0v) is 9.64. The van der Waals surface area contributed by atoms with E-state index in [1.54, 1.807) is 0 Å². The molecule has 6 nitrogen and oxygen atoms in total. The van der Waals surface area contributed by atoms with Crippen molar-refractivity contribution >= 4 is 13.6 Å². The van der Waals surface area contributed by atoms with Crippen molar-refractivity contribution in [2.45, 2.75) is 25.3 Å². The van der Waals surface area contributed by atoms with Crippen LogP contribution in [0.5, 0.6) is 0 Å².